The predicted molar refractivity (Wildman–Crippen MR) is 98.6 cm³/mol. The van der Waals surface area contributed by atoms with Crippen molar-refractivity contribution in [2.24, 2.45) is 13.0 Å². The van der Waals surface area contributed by atoms with E-state index in [0.717, 1.165) is 60.3 Å². The zero-order chi connectivity index (χ0) is 17.9. The van der Waals surface area contributed by atoms with Gasteiger partial charge in [0.25, 0.3) is 0 Å². The number of ether oxygens (including phenoxy) is 1. The summed E-state index contributed by atoms with van der Waals surface area (Å²) in [5.74, 6) is 0.568. The molecule has 4 rings (SSSR count). The Morgan fingerprint density at radius 1 is 1.35 bits per heavy atom. The number of aryl methyl sites for hydroxylation is 1. The van der Waals surface area contributed by atoms with E-state index < -0.39 is 0 Å². The lowest BCUT2D eigenvalue weighted by Crippen LogP contribution is -2.33. The monoisotopic (exact) mass is 353 g/mol. The Balaban J connectivity index is 1.46. The van der Waals surface area contributed by atoms with Crippen molar-refractivity contribution in [1.82, 2.24) is 25.1 Å². The quantitative estimate of drug-likeness (QED) is 0.735. The van der Waals surface area contributed by atoms with E-state index in [2.05, 4.69) is 26.4 Å². The number of aromatic amines is 1. The maximum absolute atomic E-state index is 12.4. The molecule has 7 heteroatoms. The van der Waals surface area contributed by atoms with E-state index in [1.165, 1.54) is 0 Å². The van der Waals surface area contributed by atoms with Crippen molar-refractivity contribution in [1.29, 1.82) is 0 Å². The van der Waals surface area contributed by atoms with Crippen molar-refractivity contribution >= 4 is 16.9 Å². The molecule has 7 nitrogen and oxygen atoms in total. The Bertz CT molecular complexity index is 908. The van der Waals surface area contributed by atoms with E-state index in [4.69, 9.17) is 4.74 Å². The second kappa shape index (κ2) is 7.29. The number of nitrogens with zero attached hydrogens (tertiary/aromatic N) is 3. The maximum atomic E-state index is 12.4. The molecular weight excluding hydrogens is 330 g/mol. The standard InChI is InChI=1S/C19H23N5O2/c1-24-12-16(11-23-24)14-6-17-15(10-22-19(17)21-9-14)7-18(25)20-8-13-2-4-26-5-3-13/h6,9-13H,2-5,7-8H2,1H3,(H,20,25)(H,21,22). The average Bonchev–Trinajstić information content (AvgIpc) is 3.27. The van der Waals surface area contributed by atoms with Crippen molar-refractivity contribution in [2.45, 2.75) is 19.3 Å². The second-order valence-electron chi connectivity index (χ2n) is 6.87. The van der Waals surface area contributed by atoms with Crippen molar-refractivity contribution in [3.8, 4) is 11.1 Å². The van der Waals surface area contributed by atoms with Crippen LogP contribution in [0.15, 0.2) is 30.9 Å². The van der Waals surface area contributed by atoms with Crippen LogP contribution in [0.25, 0.3) is 22.2 Å². The number of hydrogen-bond donors (Lipinski definition) is 2. The highest BCUT2D eigenvalue weighted by Gasteiger charge is 2.16. The smallest absolute Gasteiger partial charge is 0.224 e. The van der Waals surface area contributed by atoms with Gasteiger partial charge in [0, 0.05) is 61.9 Å². The van der Waals surface area contributed by atoms with Crippen LogP contribution in [0.4, 0.5) is 0 Å². The molecule has 2 N–H and O–H groups in total. The molecule has 4 heterocycles. The zero-order valence-corrected chi connectivity index (χ0v) is 14.9. The van der Waals surface area contributed by atoms with Gasteiger partial charge in [0.2, 0.25) is 5.91 Å². The number of carbonyl (C=O) groups excluding carboxylic acids is 1. The molecule has 3 aromatic rings. The number of nitrogens with one attached hydrogen (secondary N) is 2. The molecule has 1 saturated heterocycles. The van der Waals surface area contributed by atoms with Gasteiger partial charge in [-0.05, 0) is 30.4 Å². The molecule has 1 aliphatic heterocycles. The molecule has 0 spiro atoms. The molecule has 136 valence electrons. The first-order chi connectivity index (χ1) is 12.7. The molecule has 0 atom stereocenters. The number of carbonyl (C=O) groups is 1. The van der Waals surface area contributed by atoms with E-state index in [1.54, 1.807) is 4.68 Å². The molecule has 3 aromatic heterocycles. The minimum atomic E-state index is 0.0455. The van der Waals surface area contributed by atoms with Gasteiger partial charge in [-0.25, -0.2) is 4.98 Å². The summed E-state index contributed by atoms with van der Waals surface area (Å²) < 4.78 is 7.12. The normalized spacial score (nSPS) is 15.4. The minimum absolute atomic E-state index is 0.0455. The molecule has 0 unspecified atom stereocenters. The number of amides is 1. The molecule has 1 fully saturated rings. The van der Waals surface area contributed by atoms with E-state index in [-0.39, 0.29) is 5.91 Å². The van der Waals surface area contributed by atoms with Gasteiger partial charge in [0.05, 0.1) is 12.6 Å². The summed E-state index contributed by atoms with van der Waals surface area (Å²) in [6.07, 6.45) is 9.86. The fourth-order valence-corrected chi connectivity index (χ4v) is 3.38. The molecule has 1 amide bonds. The van der Waals surface area contributed by atoms with Gasteiger partial charge in [-0.15, -0.1) is 0 Å². The van der Waals surface area contributed by atoms with Crippen LogP contribution in [-0.2, 0) is 23.0 Å². The second-order valence-corrected chi connectivity index (χ2v) is 6.87. The lowest BCUT2D eigenvalue weighted by molar-refractivity contribution is -0.120. The third-order valence-corrected chi connectivity index (χ3v) is 4.93. The number of fused-ring (bicyclic) bond motifs is 1. The van der Waals surface area contributed by atoms with Gasteiger partial charge in [-0.1, -0.05) is 0 Å². The zero-order valence-electron chi connectivity index (χ0n) is 14.9. The third kappa shape index (κ3) is 3.62. The van der Waals surface area contributed by atoms with Gasteiger partial charge in [-0.3, -0.25) is 9.48 Å². The Morgan fingerprint density at radius 2 is 2.19 bits per heavy atom. The topological polar surface area (TPSA) is 84.8 Å². The van der Waals surface area contributed by atoms with Crippen molar-refractivity contribution in [3.63, 3.8) is 0 Å². The van der Waals surface area contributed by atoms with Crippen LogP contribution in [0.5, 0.6) is 0 Å². The van der Waals surface area contributed by atoms with Gasteiger partial charge in [0.1, 0.15) is 5.65 Å². The summed E-state index contributed by atoms with van der Waals surface area (Å²) >= 11 is 0. The highest BCUT2D eigenvalue weighted by atomic mass is 16.5. The summed E-state index contributed by atoms with van der Waals surface area (Å²) in [7, 11) is 1.89. The van der Waals surface area contributed by atoms with Crippen LogP contribution < -0.4 is 5.32 Å². The molecule has 0 radical (unpaired) electrons. The van der Waals surface area contributed by atoms with Crippen LogP contribution in [0.1, 0.15) is 18.4 Å². The van der Waals surface area contributed by atoms with Crippen LogP contribution in [0, 0.1) is 5.92 Å². The number of pyridine rings is 1. The third-order valence-electron chi connectivity index (χ3n) is 4.93. The lowest BCUT2D eigenvalue weighted by Gasteiger charge is -2.22. The first-order valence-electron chi connectivity index (χ1n) is 8.98. The van der Waals surface area contributed by atoms with E-state index >= 15 is 0 Å². The molecule has 0 aromatic carbocycles. The van der Waals surface area contributed by atoms with Crippen LogP contribution in [0.3, 0.4) is 0 Å². The van der Waals surface area contributed by atoms with E-state index in [9.17, 15) is 4.79 Å². The summed E-state index contributed by atoms with van der Waals surface area (Å²) in [5.41, 5.74) is 3.76. The van der Waals surface area contributed by atoms with Gasteiger partial charge < -0.3 is 15.0 Å². The van der Waals surface area contributed by atoms with Gasteiger partial charge in [0.15, 0.2) is 0 Å². The van der Waals surface area contributed by atoms with Crippen molar-refractivity contribution in [3.05, 3.63) is 36.4 Å². The predicted octanol–water partition coefficient (Wildman–Crippen LogP) is 2.05. The molecular formula is C19H23N5O2. The summed E-state index contributed by atoms with van der Waals surface area (Å²) in [6, 6.07) is 2.07. The lowest BCUT2D eigenvalue weighted by atomic mass is 10.0. The Morgan fingerprint density at radius 3 is 2.96 bits per heavy atom. The van der Waals surface area contributed by atoms with Crippen molar-refractivity contribution < 1.29 is 9.53 Å². The molecule has 1 aliphatic rings. The number of H-pyrrole nitrogens is 1. The first-order valence-corrected chi connectivity index (χ1v) is 8.98. The molecule has 26 heavy (non-hydrogen) atoms. The SMILES string of the molecule is Cn1cc(-c2cnc3[nH]cc(CC(=O)NCC4CCOCC4)c3c2)cn1. The fraction of sp³-hybridized carbons (Fsp3) is 0.421. The highest BCUT2D eigenvalue weighted by Crippen LogP contribution is 2.24. The Kier molecular flexibility index (Phi) is 4.71. The Hall–Kier alpha value is -2.67. The summed E-state index contributed by atoms with van der Waals surface area (Å²) in [4.78, 5) is 20.0. The molecule has 0 bridgehead atoms. The summed E-state index contributed by atoms with van der Waals surface area (Å²) in [6.45, 7) is 2.32. The highest BCUT2D eigenvalue weighted by molar-refractivity contribution is 5.89. The van der Waals surface area contributed by atoms with Gasteiger partial charge in [-0.2, -0.15) is 5.10 Å². The van der Waals surface area contributed by atoms with Crippen LogP contribution >= 0.6 is 0 Å². The minimum Gasteiger partial charge on any atom is -0.381 e. The maximum Gasteiger partial charge on any atom is 0.224 e. The fourth-order valence-electron chi connectivity index (χ4n) is 3.38. The van der Waals surface area contributed by atoms with Crippen LogP contribution in [-0.4, -0.2) is 45.4 Å². The molecule has 0 aliphatic carbocycles. The van der Waals surface area contributed by atoms with Gasteiger partial charge >= 0.3 is 0 Å². The van der Waals surface area contributed by atoms with Crippen LogP contribution in [0.2, 0.25) is 0 Å². The average molecular weight is 353 g/mol. The van der Waals surface area contributed by atoms with E-state index in [0.29, 0.717) is 12.3 Å². The first kappa shape index (κ1) is 16.8. The van der Waals surface area contributed by atoms with Crippen molar-refractivity contribution in [2.75, 3.05) is 19.8 Å². The number of aromatic nitrogens is 4. The largest absolute Gasteiger partial charge is 0.381 e. The molecule has 0 saturated carbocycles. The summed E-state index contributed by atoms with van der Waals surface area (Å²) in [5, 5.41) is 8.25. The number of hydrogen-bond acceptors (Lipinski definition) is 4. The number of rotatable bonds is 5. The Labute approximate surface area is 151 Å². The van der Waals surface area contributed by atoms with E-state index in [1.807, 2.05) is 31.8 Å².